The molecule has 1 unspecified atom stereocenters. The van der Waals surface area contributed by atoms with Crippen molar-refractivity contribution in [2.24, 2.45) is 5.92 Å². The molecule has 3 rings (SSSR count). The number of rotatable bonds is 1. The first-order chi connectivity index (χ1) is 8.16. The van der Waals surface area contributed by atoms with Crippen LogP contribution >= 0.6 is 11.3 Å². The maximum atomic E-state index is 11.9. The molecule has 0 saturated carbocycles. The van der Waals surface area contributed by atoms with Crippen molar-refractivity contribution in [3.05, 3.63) is 10.6 Å². The van der Waals surface area contributed by atoms with E-state index in [4.69, 9.17) is 0 Å². The predicted molar refractivity (Wildman–Crippen MR) is 63.8 cm³/mol. The van der Waals surface area contributed by atoms with Gasteiger partial charge in [-0.2, -0.15) is 0 Å². The first-order valence-corrected chi connectivity index (χ1v) is 6.54. The highest BCUT2D eigenvalue weighted by Crippen LogP contribution is 2.32. The molecule has 3 heterocycles. The van der Waals surface area contributed by atoms with Crippen molar-refractivity contribution in [1.82, 2.24) is 10.3 Å². The summed E-state index contributed by atoms with van der Waals surface area (Å²) in [4.78, 5) is 30.5. The van der Waals surface area contributed by atoms with Crippen LogP contribution in [0.4, 0.5) is 5.13 Å². The van der Waals surface area contributed by atoms with Gasteiger partial charge in [-0.15, -0.1) is 0 Å². The van der Waals surface area contributed by atoms with Crippen molar-refractivity contribution in [3.8, 4) is 0 Å². The summed E-state index contributed by atoms with van der Waals surface area (Å²) in [6.45, 7) is 3.49. The van der Waals surface area contributed by atoms with E-state index in [1.54, 1.807) is 6.92 Å². The van der Waals surface area contributed by atoms with Crippen LogP contribution in [0.5, 0.6) is 0 Å². The summed E-state index contributed by atoms with van der Waals surface area (Å²) in [5.41, 5.74) is 1.03. The van der Waals surface area contributed by atoms with E-state index in [1.165, 1.54) is 16.2 Å². The Morgan fingerprint density at radius 3 is 2.94 bits per heavy atom. The van der Waals surface area contributed by atoms with E-state index >= 15 is 0 Å². The number of imide groups is 1. The second kappa shape index (κ2) is 3.89. The molecule has 2 aliphatic heterocycles. The maximum Gasteiger partial charge on any atom is 0.238 e. The molecule has 1 aromatic rings. The Hall–Kier alpha value is -1.27. The minimum atomic E-state index is -0.207. The standard InChI is InChI=1S/C11H13N3O2S/c1-6-4-9(15)14(10(6)16)11-13-7-2-3-12-5-8(7)17-11/h6,12H,2-5H2,1H3. The van der Waals surface area contributed by atoms with E-state index in [0.717, 1.165) is 30.1 Å². The molecular formula is C11H13N3O2S. The van der Waals surface area contributed by atoms with Crippen LogP contribution in [0.3, 0.4) is 0 Å². The molecule has 17 heavy (non-hydrogen) atoms. The minimum Gasteiger partial charge on any atom is -0.311 e. The van der Waals surface area contributed by atoms with Crippen molar-refractivity contribution in [2.45, 2.75) is 26.3 Å². The van der Waals surface area contributed by atoms with E-state index in [0.29, 0.717) is 11.6 Å². The molecule has 0 radical (unpaired) electrons. The largest absolute Gasteiger partial charge is 0.311 e. The van der Waals surface area contributed by atoms with Crippen molar-refractivity contribution < 1.29 is 9.59 Å². The van der Waals surface area contributed by atoms with Gasteiger partial charge in [0.15, 0.2) is 5.13 Å². The molecule has 0 aromatic carbocycles. The number of carbonyl (C=O) groups excluding carboxylic acids is 2. The highest BCUT2D eigenvalue weighted by Gasteiger charge is 2.38. The molecule has 5 nitrogen and oxygen atoms in total. The molecule has 0 bridgehead atoms. The molecule has 6 heteroatoms. The second-order valence-corrected chi connectivity index (χ2v) is 5.53. The summed E-state index contributed by atoms with van der Waals surface area (Å²) < 4.78 is 0. The van der Waals surface area contributed by atoms with Crippen molar-refractivity contribution in [1.29, 1.82) is 0 Å². The summed E-state index contributed by atoms with van der Waals surface area (Å²) in [6, 6.07) is 0. The maximum absolute atomic E-state index is 11.9. The number of carbonyl (C=O) groups is 2. The Morgan fingerprint density at radius 2 is 2.29 bits per heavy atom. The summed E-state index contributed by atoms with van der Waals surface area (Å²) in [5.74, 6) is -0.447. The molecule has 0 spiro atoms. The fraction of sp³-hybridized carbons (Fsp3) is 0.545. The lowest BCUT2D eigenvalue weighted by Crippen LogP contribution is -2.29. The van der Waals surface area contributed by atoms with E-state index < -0.39 is 0 Å². The number of nitrogens with one attached hydrogen (secondary N) is 1. The molecule has 1 aromatic heterocycles. The van der Waals surface area contributed by atoms with E-state index in [9.17, 15) is 9.59 Å². The Bertz CT molecular complexity index is 473. The number of anilines is 1. The number of hydrogen-bond acceptors (Lipinski definition) is 5. The predicted octanol–water partition coefficient (Wildman–Crippen LogP) is 0.688. The lowest BCUT2D eigenvalue weighted by atomic mass is 10.1. The number of aromatic nitrogens is 1. The van der Waals surface area contributed by atoms with Crippen molar-refractivity contribution >= 4 is 28.3 Å². The van der Waals surface area contributed by atoms with Crippen LogP contribution in [0.2, 0.25) is 0 Å². The number of fused-ring (bicyclic) bond motifs is 1. The van der Waals surface area contributed by atoms with Crippen LogP contribution in [-0.4, -0.2) is 23.3 Å². The van der Waals surface area contributed by atoms with Crippen LogP contribution < -0.4 is 10.2 Å². The monoisotopic (exact) mass is 251 g/mol. The lowest BCUT2D eigenvalue weighted by Gasteiger charge is -2.09. The van der Waals surface area contributed by atoms with E-state index in [1.807, 2.05) is 0 Å². The Labute approximate surface area is 103 Å². The molecule has 2 aliphatic rings. The van der Waals surface area contributed by atoms with Gasteiger partial charge in [-0.25, -0.2) is 9.88 Å². The van der Waals surface area contributed by atoms with Gasteiger partial charge in [0.2, 0.25) is 11.8 Å². The summed E-state index contributed by atoms with van der Waals surface area (Å²) in [6.07, 6.45) is 1.18. The summed E-state index contributed by atoms with van der Waals surface area (Å²) in [5, 5.41) is 3.81. The fourth-order valence-corrected chi connectivity index (χ4v) is 3.29. The highest BCUT2D eigenvalue weighted by atomic mass is 32.1. The molecule has 2 amide bonds. The third-order valence-corrected chi connectivity index (χ3v) is 4.24. The van der Waals surface area contributed by atoms with Crippen molar-refractivity contribution in [3.63, 3.8) is 0 Å². The van der Waals surface area contributed by atoms with Gasteiger partial charge in [-0.05, 0) is 0 Å². The quantitative estimate of drug-likeness (QED) is 0.746. The number of nitrogens with zero attached hydrogens (tertiary/aromatic N) is 2. The van der Waals surface area contributed by atoms with Gasteiger partial charge in [0.05, 0.1) is 5.69 Å². The molecule has 1 N–H and O–H groups in total. The summed E-state index contributed by atoms with van der Waals surface area (Å²) >= 11 is 1.45. The Kier molecular flexibility index (Phi) is 2.48. The van der Waals surface area contributed by atoms with Gasteiger partial charge in [0.1, 0.15) is 0 Å². The first kappa shape index (κ1) is 10.9. The van der Waals surface area contributed by atoms with Gasteiger partial charge in [-0.3, -0.25) is 9.59 Å². The number of amides is 2. The smallest absolute Gasteiger partial charge is 0.238 e. The van der Waals surface area contributed by atoms with E-state index in [2.05, 4.69) is 10.3 Å². The molecule has 0 aliphatic carbocycles. The van der Waals surface area contributed by atoms with Gasteiger partial charge < -0.3 is 5.32 Å². The molecule has 90 valence electrons. The van der Waals surface area contributed by atoms with Crippen molar-refractivity contribution in [2.75, 3.05) is 11.4 Å². The van der Waals surface area contributed by atoms with Gasteiger partial charge in [0, 0.05) is 36.7 Å². The van der Waals surface area contributed by atoms with Gasteiger partial charge in [0.25, 0.3) is 0 Å². The van der Waals surface area contributed by atoms with Crippen LogP contribution in [0.15, 0.2) is 0 Å². The van der Waals surface area contributed by atoms with Gasteiger partial charge in [-0.1, -0.05) is 18.3 Å². The Morgan fingerprint density at radius 1 is 1.47 bits per heavy atom. The molecular weight excluding hydrogens is 238 g/mol. The average Bonchev–Trinajstić information content (AvgIpc) is 2.81. The molecule has 1 saturated heterocycles. The van der Waals surface area contributed by atoms with Gasteiger partial charge >= 0.3 is 0 Å². The van der Waals surface area contributed by atoms with E-state index in [-0.39, 0.29) is 17.7 Å². The van der Waals surface area contributed by atoms with Crippen LogP contribution in [0.25, 0.3) is 0 Å². The fourth-order valence-electron chi connectivity index (χ4n) is 2.19. The zero-order valence-electron chi connectivity index (χ0n) is 9.52. The van der Waals surface area contributed by atoms with Crippen LogP contribution in [-0.2, 0) is 22.6 Å². The zero-order valence-corrected chi connectivity index (χ0v) is 10.3. The first-order valence-electron chi connectivity index (χ1n) is 5.73. The SMILES string of the molecule is CC1CC(=O)N(c2nc3c(s2)CNCC3)C1=O. The average molecular weight is 251 g/mol. The normalized spacial score (nSPS) is 24.3. The lowest BCUT2D eigenvalue weighted by molar-refractivity contribution is -0.122. The second-order valence-electron chi connectivity index (χ2n) is 4.47. The third-order valence-electron chi connectivity index (χ3n) is 3.15. The third kappa shape index (κ3) is 1.68. The number of hydrogen-bond donors (Lipinski definition) is 1. The van der Waals surface area contributed by atoms with Crippen LogP contribution in [0, 0.1) is 5.92 Å². The minimum absolute atomic E-state index is 0.117. The topological polar surface area (TPSA) is 62.3 Å². The van der Waals surface area contributed by atoms with Crippen LogP contribution in [0.1, 0.15) is 23.9 Å². The highest BCUT2D eigenvalue weighted by molar-refractivity contribution is 7.16. The number of thiazole rings is 1. The Balaban J connectivity index is 1.96. The zero-order chi connectivity index (χ0) is 12.0. The molecule has 1 fully saturated rings. The molecule has 1 atom stereocenters. The summed E-state index contributed by atoms with van der Waals surface area (Å²) in [7, 11) is 0.